The minimum Gasteiger partial charge on any atom is -0.497 e. The van der Waals surface area contributed by atoms with E-state index < -0.39 is 0 Å². The van der Waals surface area contributed by atoms with Crippen LogP contribution in [-0.4, -0.2) is 32.2 Å². The van der Waals surface area contributed by atoms with Crippen molar-refractivity contribution in [2.75, 3.05) is 26.2 Å². The smallest absolute Gasteiger partial charge is 0.258 e. The third-order valence-corrected chi connectivity index (χ3v) is 5.62. The number of ether oxygens (including phenoxy) is 3. The van der Waals surface area contributed by atoms with E-state index in [1.165, 1.54) is 19.1 Å². The van der Waals surface area contributed by atoms with Gasteiger partial charge in [-0.15, -0.1) is 0 Å². The Labute approximate surface area is 197 Å². The number of amides is 1. The second-order valence-electron chi connectivity index (χ2n) is 7.88. The largest absolute Gasteiger partial charge is 0.497 e. The Hall–Kier alpha value is -4.26. The maximum atomic E-state index is 13.8. The van der Waals surface area contributed by atoms with Crippen LogP contribution in [0.1, 0.15) is 21.5 Å². The number of hydrogen-bond donors (Lipinski definition) is 1. The van der Waals surface area contributed by atoms with Gasteiger partial charge in [0.25, 0.3) is 11.5 Å². The maximum absolute atomic E-state index is 13.8. The molecule has 0 aliphatic heterocycles. The summed E-state index contributed by atoms with van der Waals surface area (Å²) in [5.41, 5.74) is 2.91. The highest BCUT2D eigenvalue weighted by atomic mass is 16.5. The first-order valence-corrected chi connectivity index (χ1v) is 10.7. The summed E-state index contributed by atoms with van der Waals surface area (Å²) < 4.78 is 16.2. The van der Waals surface area contributed by atoms with E-state index >= 15 is 0 Å². The van der Waals surface area contributed by atoms with Gasteiger partial charge in [0.15, 0.2) is 0 Å². The summed E-state index contributed by atoms with van der Waals surface area (Å²) >= 11 is 0. The normalized spacial score (nSPS) is 10.7. The molecule has 0 radical (unpaired) electrons. The van der Waals surface area contributed by atoms with Crippen LogP contribution >= 0.6 is 0 Å². The van der Waals surface area contributed by atoms with E-state index in [4.69, 9.17) is 14.2 Å². The van der Waals surface area contributed by atoms with E-state index in [0.29, 0.717) is 34.1 Å². The van der Waals surface area contributed by atoms with Gasteiger partial charge in [0.2, 0.25) is 0 Å². The topological polar surface area (TPSA) is 80.9 Å². The summed E-state index contributed by atoms with van der Waals surface area (Å²) in [7, 11) is 4.59. The number of hydrogen-bond acceptors (Lipinski definition) is 5. The first-order chi connectivity index (χ1) is 16.4. The lowest BCUT2D eigenvalue weighted by Crippen LogP contribution is -2.33. The first-order valence-electron chi connectivity index (χ1n) is 10.7. The fourth-order valence-electron chi connectivity index (χ4n) is 3.86. The van der Waals surface area contributed by atoms with Crippen LogP contribution in [0.3, 0.4) is 0 Å². The van der Waals surface area contributed by atoms with E-state index in [9.17, 15) is 9.59 Å². The molecule has 174 valence electrons. The van der Waals surface area contributed by atoms with Gasteiger partial charge in [-0.3, -0.25) is 9.59 Å². The molecule has 7 heteroatoms. The molecule has 0 unspecified atom stereocenters. The standard InChI is InChI=1S/C27H26N2O5/c1-17-9-10-23-18(11-17)12-20(26(30)28-23)16-29(24-7-5-6-8-25(24)34-4)27(31)19-13-21(32-2)15-22(14-19)33-3/h5-15H,16H2,1-4H3,(H,28,30). The number of aryl methyl sites for hydroxylation is 1. The maximum Gasteiger partial charge on any atom is 0.258 e. The van der Waals surface area contributed by atoms with Gasteiger partial charge in [-0.25, -0.2) is 0 Å². The summed E-state index contributed by atoms with van der Waals surface area (Å²) in [5, 5.41) is 0.894. The molecule has 3 aromatic carbocycles. The van der Waals surface area contributed by atoms with Gasteiger partial charge in [0.1, 0.15) is 17.2 Å². The monoisotopic (exact) mass is 458 g/mol. The highest BCUT2D eigenvalue weighted by Gasteiger charge is 2.24. The number of anilines is 1. The molecule has 7 nitrogen and oxygen atoms in total. The van der Waals surface area contributed by atoms with Crippen molar-refractivity contribution in [2.45, 2.75) is 13.5 Å². The lowest BCUT2D eigenvalue weighted by atomic mass is 10.1. The quantitative estimate of drug-likeness (QED) is 0.434. The number of methoxy groups -OCH3 is 3. The average Bonchev–Trinajstić information content (AvgIpc) is 2.86. The van der Waals surface area contributed by atoms with E-state index in [1.54, 1.807) is 37.4 Å². The summed E-state index contributed by atoms with van der Waals surface area (Å²) in [6, 6.07) is 19.8. The van der Waals surface area contributed by atoms with Crippen LogP contribution in [0.5, 0.6) is 17.2 Å². The van der Waals surface area contributed by atoms with E-state index in [-0.39, 0.29) is 18.0 Å². The number of nitrogens with one attached hydrogen (secondary N) is 1. The van der Waals surface area contributed by atoms with Crippen LogP contribution in [0.15, 0.2) is 71.5 Å². The van der Waals surface area contributed by atoms with Crippen LogP contribution in [0.2, 0.25) is 0 Å². The number of fused-ring (bicyclic) bond motifs is 1. The Bertz CT molecular complexity index is 1390. The summed E-state index contributed by atoms with van der Waals surface area (Å²) in [5.74, 6) is 1.16. The van der Waals surface area contributed by atoms with Crippen molar-refractivity contribution in [3.05, 3.63) is 93.8 Å². The number of aromatic nitrogens is 1. The fourth-order valence-corrected chi connectivity index (χ4v) is 3.86. The number of benzene rings is 3. The van der Waals surface area contributed by atoms with Crippen molar-refractivity contribution >= 4 is 22.5 Å². The summed E-state index contributed by atoms with van der Waals surface area (Å²) in [6.45, 7) is 2.03. The van der Waals surface area contributed by atoms with Crippen LogP contribution < -0.4 is 24.7 Å². The molecule has 34 heavy (non-hydrogen) atoms. The molecule has 4 rings (SSSR count). The number of nitrogens with zero attached hydrogens (tertiary/aromatic N) is 1. The molecule has 1 aromatic heterocycles. The Morgan fingerprint density at radius 1 is 0.882 bits per heavy atom. The lowest BCUT2D eigenvalue weighted by molar-refractivity contribution is 0.0983. The van der Waals surface area contributed by atoms with Crippen molar-refractivity contribution in [2.24, 2.45) is 0 Å². The number of aromatic amines is 1. The number of pyridine rings is 1. The second kappa shape index (κ2) is 9.70. The van der Waals surface area contributed by atoms with Crippen molar-refractivity contribution in [1.82, 2.24) is 4.98 Å². The third-order valence-electron chi connectivity index (χ3n) is 5.62. The fraction of sp³-hybridized carbons (Fsp3) is 0.185. The molecule has 0 bridgehead atoms. The Morgan fingerprint density at radius 3 is 2.26 bits per heavy atom. The Balaban J connectivity index is 1.85. The van der Waals surface area contributed by atoms with Gasteiger partial charge in [0.05, 0.1) is 33.6 Å². The Morgan fingerprint density at radius 2 is 1.59 bits per heavy atom. The van der Waals surface area contributed by atoms with Crippen molar-refractivity contribution in [3.63, 3.8) is 0 Å². The predicted octanol–water partition coefficient (Wildman–Crippen LogP) is 4.71. The summed E-state index contributed by atoms with van der Waals surface area (Å²) in [6.07, 6.45) is 0. The molecule has 0 atom stereocenters. The van der Waals surface area contributed by atoms with Crippen molar-refractivity contribution < 1.29 is 19.0 Å². The predicted molar refractivity (Wildman–Crippen MR) is 132 cm³/mol. The minimum atomic E-state index is -0.328. The highest BCUT2D eigenvalue weighted by Crippen LogP contribution is 2.32. The van der Waals surface area contributed by atoms with E-state index in [2.05, 4.69) is 4.98 Å². The minimum absolute atomic E-state index is 0.0396. The van der Waals surface area contributed by atoms with E-state index in [0.717, 1.165) is 16.5 Å². The van der Waals surface area contributed by atoms with Gasteiger partial charge in [-0.05, 0) is 54.8 Å². The highest BCUT2D eigenvalue weighted by molar-refractivity contribution is 6.07. The zero-order valence-electron chi connectivity index (χ0n) is 19.5. The lowest BCUT2D eigenvalue weighted by Gasteiger charge is -2.25. The van der Waals surface area contributed by atoms with Gasteiger partial charge >= 0.3 is 0 Å². The number of para-hydroxylation sites is 2. The Kier molecular flexibility index (Phi) is 6.54. The molecule has 0 saturated carbocycles. The van der Waals surface area contributed by atoms with Crippen LogP contribution in [0.4, 0.5) is 5.69 Å². The van der Waals surface area contributed by atoms with Crippen molar-refractivity contribution in [1.29, 1.82) is 0 Å². The van der Waals surface area contributed by atoms with Gasteiger partial charge in [0, 0.05) is 22.7 Å². The van der Waals surface area contributed by atoms with Crippen LogP contribution in [0.25, 0.3) is 10.9 Å². The second-order valence-corrected chi connectivity index (χ2v) is 7.88. The molecule has 0 fully saturated rings. The van der Waals surface area contributed by atoms with Crippen LogP contribution in [-0.2, 0) is 6.54 Å². The van der Waals surface area contributed by atoms with Gasteiger partial charge < -0.3 is 24.1 Å². The molecule has 1 amide bonds. The summed E-state index contributed by atoms with van der Waals surface area (Å²) in [4.78, 5) is 31.2. The molecular weight excluding hydrogens is 432 g/mol. The third kappa shape index (κ3) is 4.59. The molecular formula is C27H26N2O5. The van der Waals surface area contributed by atoms with Crippen LogP contribution in [0, 0.1) is 6.92 Å². The zero-order valence-corrected chi connectivity index (χ0v) is 19.5. The molecule has 0 saturated heterocycles. The van der Waals surface area contributed by atoms with E-state index in [1.807, 2.05) is 43.3 Å². The molecule has 4 aromatic rings. The first kappa shape index (κ1) is 22.9. The number of carbonyl (C=O) groups excluding carboxylic acids is 1. The zero-order chi connectivity index (χ0) is 24.2. The van der Waals surface area contributed by atoms with Crippen molar-refractivity contribution in [3.8, 4) is 17.2 Å². The molecule has 0 aliphatic rings. The molecule has 1 heterocycles. The molecule has 0 spiro atoms. The molecule has 1 N–H and O–H groups in total. The van der Waals surface area contributed by atoms with Gasteiger partial charge in [-0.1, -0.05) is 23.8 Å². The van der Waals surface area contributed by atoms with Gasteiger partial charge in [-0.2, -0.15) is 0 Å². The SMILES string of the molecule is COc1cc(OC)cc(C(=O)N(Cc2cc3cc(C)ccc3[nH]c2=O)c2ccccc2OC)c1. The molecule has 0 aliphatic carbocycles. The number of carbonyl (C=O) groups is 1. The number of rotatable bonds is 7. The average molecular weight is 459 g/mol. The number of H-pyrrole nitrogens is 1.